The lowest BCUT2D eigenvalue weighted by Gasteiger charge is -2.11. The van der Waals surface area contributed by atoms with Gasteiger partial charge in [-0.3, -0.25) is 0 Å². The molecular weight excluding hydrogens is 192 g/mol. The van der Waals surface area contributed by atoms with Gasteiger partial charge < -0.3 is 5.11 Å². The van der Waals surface area contributed by atoms with Crippen molar-refractivity contribution in [3.8, 4) is 0 Å². The highest BCUT2D eigenvalue weighted by molar-refractivity contribution is 9.09. The predicted octanol–water partition coefficient (Wildman–Crippen LogP) is 2.32. The number of aliphatic hydroxyl groups is 1. The van der Waals surface area contributed by atoms with E-state index in [1.54, 1.807) is 0 Å². The van der Waals surface area contributed by atoms with Crippen LogP contribution in [0.4, 0.5) is 0 Å². The lowest BCUT2D eigenvalue weighted by molar-refractivity contribution is 0.167. The second-order valence-electron chi connectivity index (χ2n) is 3.19. The summed E-state index contributed by atoms with van der Waals surface area (Å²) in [7, 11) is 0. The highest BCUT2D eigenvalue weighted by atomic mass is 79.9. The van der Waals surface area contributed by atoms with Crippen LogP contribution in [0.15, 0.2) is 0 Å². The molecule has 0 radical (unpaired) electrons. The first kappa shape index (κ1) is 8.54. The van der Waals surface area contributed by atoms with Crippen LogP contribution in [0.3, 0.4) is 0 Å². The maximum absolute atomic E-state index is 9.27. The Hall–Kier alpha value is 0.440. The van der Waals surface area contributed by atoms with Gasteiger partial charge >= 0.3 is 0 Å². The molecule has 1 atom stereocenters. The Morgan fingerprint density at radius 3 is 2.50 bits per heavy atom. The van der Waals surface area contributed by atoms with E-state index < -0.39 is 0 Å². The number of alkyl halides is 1. The Kier molecular flexibility index (Phi) is 3.71. The van der Waals surface area contributed by atoms with Crippen molar-refractivity contribution in [3.05, 3.63) is 0 Å². The summed E-state index contributed by atoms with van der Waals surface area (Å²) in [5.41, 5.74) is 0. The summed E-state index contributed by atoms with van der Waals surface area (Å²) in [6.07, 6.45) is 6.32. The van der Waals surface area contributed by atoms with E-state index in [2.05, 4.69) is 15.9 Å². The number of rotatable bonds is 3. The SMILES string of the molecule is OC(CBr)CC1CCCC1. The van der Waals surface area contributed by atoms with Gasteiger partial charge in [0.25, 0.3) is 0 Å². The summed E-state index contributed by atoms with van der Waals surface area (Å²) in [5, 5.41) is 10.0. The van der Waals surface area contributed by atoms with Gasteiger partial charge in [0, 0.05) is 5.33 Å². The van der Waals surface area contributed by atoms with E-state index in [4.69, 9.17) is 0 Å². The van der Waals surface area contributed by atoms with Crippen LogP contribution in [0.5, 0.6) is 0 Å². The Labute approximate surface area is 70.9 Å². The van der Waals surface area contributed by atoms with Crippen LogP contribution < -0.4 is 0 Å². The molecule has 0 aromatic rings. The molecule has 10 heavy (non-hydrogen) atoms. The summed E-state index contributed by atoms with van der Waals surface area (Å²) in [5.74, 6) is 0.813. The molecule has 0 bridgehead atoms. The number of aliphatic hydroxyl groups excluding tert-OH is 1. The fraction of sp³-hybridized carbons (Fsp3) is 1.00. The lowest BCUT2D eigenvalue weighted by Crippen LogP contribution is -2.12. The van der Waals surface area contributed by atoms with Gasteiger partial charge in [0.15, 0.2) is 0 Å². The summed E-state index contributed by atoms with van der Waals surface area (Å²) in [6.45, 7) is 0. The van der Waals surface area contributed by atoms with Crippen molar-refractivity contribution < 1.29 is 5.11 Å². The molecule has 1 unspecified atom stereocenters. The van der Waals surface area contributed by atoms with Gasteiger partial charge in [0.05, 0.1) is 6.10 Å². The molecule has 0 aliphatic heterocycles. The fourth-order valence-electron chi connectivity index (χ4n) is 1.69. The molecular formula is C8H15BrO. The molecule has 2 heteroatoms. The zero-order valence-electron chi connectivity index (χ0n) is 6.22. The first-order valence-electron chi connectivity index (χ1n) is 4.07. The minimum Gasteiger partial charge on any atom is -0.392 e. The molecule has 0 heterocycles. The standard InChI is InChI=1S/C8H15BrO/c9-6-8(10)5-7-3-1-2-4-7/h7-8,10H,1-6H2. The van der Waals surface area contributed by atoms with Crippen LogP contribution in [-0.4, -0.2) is 16.5 Å². The van der Waals surface area contributed by atoms with Crippen LogP contribution in [0.2, 0.25) is 0 Å². The van der Waals surface area contributed by atoms with E-state index in [1.165, 1.54) is 25.7 Å². The first-order chi connectivity index (χ1) is 4.83. The van der Waals surface area contributed by atoms with Crippen molar-refractivity contribution in [1.82, 2.24) is 0 Å². The van der Waals surface area contributed by atoms with E-state index in [-0.39, 0.29) is 6.10 Å². The zero-order valence-corrected chi connectivity index (χ0v) is 7.81. The van der Waals surface area contributed by atoms with E-state index in [9.17, 15) is 5.11 Å². The molecule has 0 spiro atoms. The molecule has 1 aliphatic rings. The van der Waals surface area contributed by atoms with Gasteiger partial charge in [0.1, 0.15) is 0 Å². The first-order valence-corrected chi connectivity index (χ1v) is 5.19. The Bertz CT molecular complexity index is 89.3. The summed E-state index contributed by atoms with van der Waals surface area (Å²) >= 11 is 3.27. The van der Waals surface area contributed by atoms with Crippen molar-refractivity contribution in [2.75, 3.05) is 5.33 Å². The molecule has 60 valence electrons. The lowest BCUT2D eigenvalue weighted by atomic mass is 10.0. The van der Waals surface area contributed by atoms with Gasteiger partial charge in [-0.15, -0.1) is 0 Å². The highest BCUT2D eigenvalue weighted by Crippen LogP contribution is 2.28. The Balaban J connectivity index is 2.11. The van der Waals surface area contributed by atoms with Crippen molar-refractivity contribution in [2.24, 2.45) is 5.92 Å². The van der Waals surface area contributed by atoms with Crippen molar-refractivity contribution in [1.29, 1.82) is 0 Å². The molecule has 0 aromatic heterocycles. The van der Waals surface area contributed by atoms with E-state index in [0.29, 0.717) is 0 Å². The monoisotopic (exact) mass is 206 g/mol. The van der Waals surface area contributed by atoms with Gasteiger partial charge in [-0.1, -0.05) is 41.6 Å². The molecule has 1 saturated carbocycles. The predicted molar refractivity (Wildman–Crippen MR) is 46.4 cm³/mol. The average molecular weight is 207 g/mol. The van der Waals surface area contributed by atoms with Gasteiger partial charge in [-0.25, -0.2) is 0 Å². The fourth-order valence-corrected chi connectivity index (χ4v) is 1.96. The maximum atomic E-state index is 9.27. The quantitative estimate of drug-likeness (QED) is 0.704. The van der Waals surface area contributed by atoms with E-state index in [0.717, 1.165) is 17.7 Å². The number of halogens is 1. The summed E-state index contributed by atoms with van der Waals surface area (Å²) < 4.78 is 0. The molecule has 1 fully saturated rings. The van der Waals surface area contributed by atoms with Gasteiger partial charge in [-0.05, 0) is 12.3 Å². The summed E-state index contributed by atoms with van der Waals surface area (Å²) in [6, 6.07) is 0. The van der Waals surface area contributed by atoms with Crippen LogP contribution in [0, 0.1) is 5.92 Å². The largest absolute Gasteiger partial charge is 0.392 e. The highest BCUT2D eigenvalue weighted by Gasteiger charge is 2.17. The number of hydrogen-bond acceptors (Lipinski definition) is 1. The normalized spacial score (nSPS) is 23.4. The zero-order chi connectivity index (χ0) is 7.40. The van der Waals surface area contributed by atoms with Crippen LogP contribution in [-0.2, 0) is 0 Å². The van der Waals surface area contributed by atoms with Crippen LogP contribution >= 0.6 is 15.9 Å². The van der Waals surface area contributed by atoms with E-state index >= 15 is 0 Å². The maximum Gasteiger partial charge on any atom is 0.0639 e. The third-order valence-electron chi connectivity index (χ3n) is 2.26. The molecule has 1 rings (SSSR count). The van der Waals surface area contributed by atoms with Crippen LogP contribution in [0.1, 0.15) is 32.1 Å². The second-order valence-corrected chi connectivity index (χ2v) is 3.84. The Morgan fingerprint density at radius 1 is 1.40 bits per heavy atom. The van der Waals surface area contributed by atoms with E-state index in [1.807, 2.05) is 0 Å². The van der Waals surface area contributed by atoms with Crippen molar-refractivity contribution in [2.45, 2.75) is 38.2 Å². The minimum absolute atomic E-state index is 0.108. The second kappa shape index (κ2) is 4.35. The van der Waals surface area contributed by atoms with Gasteiger partial charge in [0.2, 0.25) is 0 Å². The average Bonchev–Trinajstić information content (AvgIpc) is 2.40. The smallest absolute Gasteiger partial charge is 0.0639 e. The number of hydrogen-bond donors (Lipinski definition) is 1. The molecule has 1 N–H and O–H groups in total. The molecule has 0 saturated heterocycles. The van der Waals surface area contributed by atoms with Crippen molar-refractivity contribution in [3.63, 3.8) is 0 Å². The molecule has 0 aromatic carbocycles. The van der Waals surface area contributed by atoms with Crippen LogP contribution in [0.25, 0.3) is 0 Å². The molecule has 0 amide bonds. The minimum atomic E-state index is -0.108. The van der Waals surface area contributed by atoms with Crippen molar-refractivity contribution >= 4 is 15.9 Å². The van der Waals surface area contributed by atoms with Gasteiger partial charge in [-0.2, -0.15) is 0 Å². The third-order valence-corrected chi connectivity index (χ3v) is 3.01. The third kappa shape index (κ3) is 2.59. The Morgan fingerprint density at radius 2 is 2.00 bits per heavy atom. The molecule has 1 aliphatic carbocycles. The topological polar surface area (TPSA) is 20.2 Å². The molecule has 1 nitrogen and oxygen atoms in total. The summed E-state index contributed by atoms with van der Waals surface area (Å²) in [4.78, 5) is 0.